The number of benzene rings is 2. The number of methoxy groups -OCH3 is 4. The molecule has 1 heterocycles. The molecule has 0 unspecified atom stereocenters. The largest absolute Gasteiger partial charge is 0.496 e. The highest BCUT2D eigenvalue weighted by Gasteiger charge is 2.21. The molecule has 0 N–H and O–H groups in total. The molecule has 2 aromatic carbocycles. The molecule has 1 aliphatic heterocycles. The number of rotatable bonds is 6. The molecule has 0 atom stereocenters. The summed E-state index contributed by atoms with van der Waals surface area (Å²) in [6, 6.07) is 7.42. The highest BCUT2D eigenvalue weighted by Crippen LogP contribution is 2.42. The molecule has 0 aliphatic carbocycles. The first-order valence-corrected chi connectivity index (χ1v) is 7.45. The van der Waals surface area contributed by atoms with Gasteiger partial charge in [-0.2, -0.15) is 0 Å². The minimum absolute atomic E-state index is 0.219. The summed E-state index contributed by atoms with van der Waals surface area (Å²) >= 11 is 0. The monoisotopic (exact) mass is 332 g/mol. The van der Waals surface area contributed by atoms with Gasteiger partial charge in [-0.3, -0.25) is 0 Å². The molecule has 0 saturated heterocycles. The smallest absolute Gasteiger partial charge is 0.231 e. The van der Waals surface area contributed by atoms with Gasteiger partial charge in [-0.05, 0) is 6.07 Å². The third-order valence-electron chi connectivity index (χ3n) is 3.96. The van der Waals surface area contributed by atoms with Crippen LogP contribution in [-0.2, 0) is 6.42 Å². The van der Waals surface area contributed by atoms with Gasteiger partial charge < -0.3 is 28.4 Å². The molecule has 3 rings (SSSR count). The van der Waals surface area contributed by atoms with Crippen molar-refractivity contribution in [2.24, 2.45) is 0 Å². The van der Waals surface area contributed by atoms with Crippen molar-refractivity contribution < 1.29 is 28.4 Å². The molecule has 1 aliphatic rings. The predicted molar refractivity (Wildman–Crippen MR) is 88.0 cm³/mol. The second-order valence-corrected chi connectivity index (χ2v) is 5.20. The molecule has 24 heavy (non-hydrogen) atoms. The van der Waals surface area contributed by atoms with Crippen molar-refractivity contribution in [3.05, 3.63) is 35.4 Å². The van der Waals surface area contributed by atoms with Crippen LogP contribution in [-0.4, -0.2) is 35.2 Å². The Morgan fingerprint density at radius 1 is 0.750 bits per heavy atom. The number of ether oxygens (including phenoxy) is 6. The zero-order valence-electron chi connectivity index (χ0n) is 14.2. The van der Waals surface area contributed by atoms with E-state index < -0.39 is 0 Å². The Morgan fingerprint density at radius 2 is 1.33 bits per heavy atom. The Hall–Kier alpha value is -2.76. The maximum atomic E-state index is 5.51. The van der Waals surface area contributed by atoms with E-state index in [1.165, 1.54) is 0 Å². The van der Waals surface area contributed by atoms with Crippen LogP contribution in [0.5, 0.6) is 34.5 Å². The van der Waals surface area contributed by atoms with E-state index in [1.54, 1.807) is 28.4 Å². The number of fused-ring (bicyclic) bond motifs is 1. The zero-order valence-corrected chi connectivity index (χ0v) is 14.2. The van der Waals surface area contributed by atoms with Crippen LogP contribution in [0.4, 0.5) is 0 Å². The average molecular weight is 332 g/mol. The highest BCUT2D eigenvalue weighted by atomic mass is 16.7. The SMILES string of the molecule is COc1cc(OC)c(Cc2cc3c(cc2OC)OCO3)c(OC)c1. The summed E-state index contributed by atoms with van der Waals surface area (Å²) in [6.07, 6.45) is 0.552. The molecule has 0 radical (unpaired) electrons. The van der Waals surface area contributed by atoms with Crippen LogP contribution in [0.1, 0.15) is 11.1 Å². The van der Waals surface area contributed by atoms with E-state index in [4.69, 9.17) is 28.4 Å². The second kappa shape index (κ2) is 6.78. The summed E-state index contributed by atoms with van der Waals surface area (Å²) in [7, 11) is 6.47. The van der Waals surface area contributed by atoms with Crippen molar-refractivity contribution in [1.29, 1.82) is 0 Å². The fourth-order valence-corrected chi connectivity index (χ4v) is 2.74. The standard InChI is InChI=1S/C18H20O6/c1-19-12-7-15(21-3)13(16(8-12)22-4)5-11-6-17-18(24-10-23-17)9-14(11)20-2/h6-9H,5,10H2,1-4H3. The van der Waals surface area contributed by atoms with Gasteiger partial charge in [0.25, 0.3) is 0 Å². The summed E-state index contributed by atoms with van der Waals surface area (Å²) in [5, 5.41) is 0. The lowest BCUT2D eigenvalue weighted by atomic mass is 10.0. The lowest BCUT2D eigenvalue weighted by Crippen LogP contribution is -2.01. The summed E-state index contributed by atoms with van der Waals surface area (Å²) in [5.74, 6) is 4.16. The van der Waals surface area contributed by atoms with Gasteiger partial charge in [0.15, 0.2) is 11.5 Å². The molecule has 6 heteroatoms. The highest BCUT2D eigenvalue weighted by molar-refractivity contribution is 5.57. The van der Waals surface area contributed by atoms with Crippen molar-refractivity contribution in [3.63, 3.8) is 0 Å². The van der Waals surface area contributed by atoms with Crippen LogP contribution in [0.25, 0.3) is 0 Å². The van der Waals surface area contributed by atoms with Gasteiger partial charge in [0.1, 0.15) is 23.0 Å². The number of hydrogen-bond acceptors (Lipinski definition) is 6. The van der Waals surface area contributed by atoms with Crippen molar-refractivity contribution >= 4 is 0 Å². The van der Waals surface area contributed by atoms with Crippen molar-refractivity contribution in [3.8, 4) is 34.5 Å². The van der Waals surface area contributed by atoms with Gasteiger partial charge in [-0.1, -0.05) is 0 Å². The molecule has 0 saturated carbocycles. The summed E-state index contributed by atoms with van der Waals surface area (Å²) in [4.78, 5) is 0. The molecular formula is C18H20O6. The van der Waals surface area contributed by atoms with Crippen molar-refractivity contribution in [2.45, 2.75) is 6.42 Å². The van der Waals surface area contributed by atoms with Gasteiger partial charge in [-0.25, -0.2) is 0 Å². The van der Waals surface area contributed by atoms with Crippen molar-refractivity contribution in [1.82, 2.24) is 0 Å². The fraction of sp³-hybridized carbons (Fsp3) is 0.333. The second-order valence-electron chi connectivity index (χ2n) is 5.20. The molecule has 0 aromatic heterocycles. The number of hydrogen-bond donors (Lipinski definition) is 0. The topological polar surface area (TPSA) is 55.4 Å². The molecular weight excluding hydrogens is 312 g/mol. The quantitative estimate of drug-likeness (QED) is 0.810. The third-order valence-corrected chi connectivity index (χ3v) is 3.96. The van der Waals surface area contributed by atoms with E-state index in [0.717, 1.165) is 16.9 Å². The lowest BCUT2D eigenvalue weighted by Gasteiger charge is -2.16. The maximum Gasteiger partial charge on any atom is 0.231 e. The zero-order chi connectivity index (χ0) is 17.1. The molecule has 6 nitrogen and oxygen atoms in total. The van der Waals surface area contributed by atoms with Crippen LogP contribution in [0.3, 0.4) is 0 Å². The Bertz CT molecular complexity index is 716. The van der Waals surface area contributed by atoms with E-state index >= 15 is 0 Å². The first kappa shape index (κ1) is 16.1. The minimum atomic E-state index is 0.219. The lowest BCUT2D eigenvalue weighted by molar-refractivity contribution is 0.174. The molecule has 0 fully saturated rings. The van der Waals surface area contributed by atoms with Crippen LogP contribution in [0.15, 0.2) is 24.3 Å². The summed E-state index contributed by atoms with van der Waals surface area (Å²) in [5.41, 5.74) is 1.85. The normalized spacial score (nSPS) is 12.0. The van der Waals surface area contributed by atoms with E-state index in [2.05, 4.69) is 0 Å². The van der Waals surface area contributed by atoms with Gasteiger partial charge in [0.05, 0.1) is 28.4 Å². The van der Waals surface area contributed by atoms with Crippen LogP contribution < -0.4 is 28.4 Å². The maximum absolute atomic E-state index is 5.51. The van der Waals surface area contributed by atoms with E-state index in [-0.39, 0.29) is 6.79 Å². The first-order chi connectivity index (χ1) is 11.7. The summed E-state index contributed by atoms with van der Waals surface area (Å²) in [6.45, 7) is 0.219. The fourth-order valence-electron chi connectivity index (χ4n) is 2.74. The Kier molecular flexibility index (Phi) is 4.55. The Balaban J connectivity index is 2.05. The van der Waals surface area contributed by atoms with E-state index in [1.807, 2.05) is 24.3 Å². The third kappa shape index (κ3) is 2.87. The van der Waals surface area contributed by atoms with E-state index in [9.17, 15) is 0 Å². The molecule has 128 valence electrons. The van der Waals surface area contributed by atoms with Crippen LogP contribution in [0.2, 0.25) is 0 Å². The Morgan fingerprint density at radius 3 is 1.88 bits per heavy atom. The molecule has 0 spiro atoms. The van der Waals surface area contributed by atoms with Gasteiger partial charge in [0, 0.05) is 35.7 Å². The van der Waals surface area contributed by atoms with Crippen LogP contribution in [0, 0.1) is 0 Å². The first-order valence-electron chi connectivity index (χ1n) is 7.45. The molecule has 0 bridgehead atoms. The van der Waals surface area contributed by atoms with Crippen LogP contribution >= 0.6 is 0 Å². The minimum Gasteiger partial charge on any atom is -0.496 e. The predicted octanol–water partition coefficient (Wildman–Crippen LogP) is 3.04. The average Bonchev–Trinajstić information content (AvgIpc) is 3.08. The van der Waals surface area contributed by atoms with E-state index in [0.29, 0.717) is 35.2 Å². The van der Waals surface area contributed by atoms with Gasteiger partial charge >= 0.3 is 0 Å². The Labute approximate surface area is 140 Å². The summed E-state index contributed by atoms with van der Waals surface area (Å²) < 4.78 is 32.7. The van der Waals surface area contributed by atoms with Crippen molar-refractivity contribution in [2.75, 3.05) is 35.2 Å². The van der Waals surface area contributed by atoms with Gasteiger partial charge in [-0.15, -0.1) is 0 Å². The molecule has 2 aromatic rings. The van der Waals surface area contributed by atoms with Gasteiger partial charge in [0.2, 0.25) is 6.79 Å². The molecule has 0 amide bonds.